The number of fused-ring (bicyclic) bond motifs is 1. The van der Waals surface area contributed by atoms with Crippen molar-refractivity contribution in [2.75, 3.05) is 19.6 Å². The van der Waals surface area contributed by atoms with E-state index in [1.165, 1.54) is 16.0 Å². The Hall–Kier alpha value is -2.14. The van der Waals surface area contributed by atoms with Gasteiger partial charge in [-0.15, -0.1) is 11.3 Å². The van der Waals surface area contributed by atoms with Crippen LogP contribution in [-0.2, 0) is 16.0 Å². The summed E-state index contributed by atoms with van der Waals surface area (Å²) >= 11 is 1.80. The summed E-state index contributed by atoms with van der Waals surface area (Å²) in [5, 5.41) is 2.15. The summed E-state index contributed by atoms with van der Waals surface area (Å²) in [6, 6.07) is 12.6. The van der Waals surface area contributed by atoms with E-state index in [0.29, 0.717) is 5.91 Å². The molecule has 28 heavy (non-hydrogen) atoms. The van der Waals surface area contributed by atoms with Crippen molar-refractivity contribution < 1.29 is 9.59 Å². The van der Waals surface area contributed by atoms with Gasteiger partial charge in [0.1, 0.15) is 0 Å². The molecular weight excluding hydrogens is 368 g/mol. The quantitative estimate of drug-likeness (QED) is 0.793. The molecule has 5 rings (SSSR count). The molecule has 1 atom stereocenters. The molecule has 5 heteroatoms. The molecule has 1 aromatic heterocycles. The maximum Gasteiger partial charge on any atom is 0.226 e. The van der Waals surface area contributed by atoms with Crippen LogP contribution in [0.25, 0.3) is 0 Å². The molecular formula is C23H26N2O2S. The second kappa shape index (κ2) is 7.36. The Morgan fingerprint density at radius 1 is 0.857 bits per heavy atom. The van der Waals surface area contributed by atoms with Gasteiger partial charge in [0.05, 0.1) is 6.04 Å². The van der Waals surface area contributed by atoms with Crippen molar-refractivity contribution in [2.24, 2.45) is 11.8 Å². The molecule has 1 saturated heterocycles. The molecule has 146 valence electrons. The van der Waals surface area contributed by atoms with E-state index in [9.17, 15) is 9.59 Å². The van der Waals surface area contributed by atoms with Crippen molar-refractivity contribution >= 4 is 23.2 Å². The van der Waals surface area contributed by atoms with E-state index in [1.807, 2.05) is 11.0 Å². The van der Waals surface area contributed by atoms with Gasteiger partial charge in [0.25, 0.3) is 0 Å². The van der Waals surface area contributed by atoms with E-state index < -0.39 is 0 Å². The molecule has 1 saturated carbocycles. The summed E-state index contributed by atoms with van der Waals surface area (Å²) in [4.78, 5) is 31.3. The van der Waals surface area contributed by atoms with Crippen molar-refractivity contribution in [3.63, 3.8) is 0 Å². The van der Waals surface area contributed by atoms with Gasteiger partial charge in [-0.05, 0) is 54.7 Å². The highest BCUT2D eigenvalue weighted by Gasteiger charge is 2.39. The standard InChI is InChI=1S/C23H26N2O2S/c26-22(17-6-7-17)24-12-8-18(9-13-24)23(27)25-14-10-20-19(11-15-28-20)21(25)16-4-2-1-3-5-16/h1-5,11,15,17-18,21H,6-10,12-14H2. The molecule has 0 N–H and O–H groups in total. The molecule has 0 radical (unpaired) electrons. The third-order valence-electron chi connectivity index (χ3n) is 6.45. The Labute approximate surface area is 170 Å². The SMILES string of the molecule is O=C(C1CC1)N1CCC(C(=O)N2CCc3sccc3C2c2ccccc2)CC1. The van der Waals surface area contributed by atoms with Crippen LogP contribution in [0.15, 0.2) is 41.8 Å². The number of hydrogen-bond donors (Lipinski definition) is 0. The normalized spacial score (nSPS) is 22.8. The predicted molar refractivity (Wildman–Crippen MR) is 110 cm³/mol. The number of nitrogens with zero attached hydrogens (tertiary/aromatic N) is 2. The Morgan fingerprint density at radius 3 is 2.29 bits per heavy atom. The third kappa shape index (κ3) is 3.26. The Bertz CT molecular complexity index is 866. The van der Waals surface area contributed by atoms with Gasteiger partial charge in [0.2, 0.25) is 11.8 Å². The minimum absolute atomic E-state index is 0.0230. The number of likely N-dealkylation sites (tertiary alicyclic amines) is 1. The van der Waals surface area contributed by atoms with Gasteiger partial charge in [-0.25, -0.2) is 0 Å². The molecule has 0 bridgehead atoms. The van der Waals surface area contributed by atoms with Gasteiger partial charge >= 0.3 is 0 Å². The van der Waals surface area contributed by atoms with Crippen LogP contribution in [0.4, 0.5) is 0 Å². The van der Waals surface area contributed by atoms with Crippen molar-refractivity contribution in [3.8, 4) is 0 Å². The van der Waals surface area contributed by atoms with Gasteiger partial charge in [0.15, 0.2) is 0 Å². The van der Waals surface area contributed by atoms with Crippen LogP contribution in [0.3, 0.4) is 0 Å². The fourth-order valence-corrected chi connectivity index (χ4v) is 5.62. The minimum atomic E-state index is 0.0230. The first-order valence-corrected chi connectivity index (χ1v) is 11.3. The van der Waals surface area contributed by atoms with E-state index in [1.54, 1.807) is 11.3 Å². The highest BCUT2D eigenvalue weighted by Crippen LogP contribution is 2.39. The van der Waals surface area contributed by atoms with Crippen molar-refractivity contribution in [2.45, 2.75) is 38.1 Å². The molecule has 3 heterocycles. The largest absolute Gasteiger partial charge is 0.342 e. The lowest BCUT2D eigenvalue weighted by Crippen LogP contribution is -2.47. The fourth-order valence-electron chi connectivity index (χ4n) is 4.72. The second-order valence-electron chi connectivity index (χ2n) is 8.27. The number of carbonyl (C=O) groups excluding carboxylic acids is 2. The van der Waals surface area contributed by atoms with Crippen molar-refractivity contribution in [1.82, 2.24) is 9.80 Å². The van der Waals surface area contributed by atoms with Crippen LogP contribution >= 0.6 is 11.3 Å². The number of rotatable bonds is 3. The zero-order valence-electron chi connectivity index (χ0n) is 16.0. The average Bonchev–Trinajstić information content (AvgIpc) is 3.49. The lowest BCUT2D eigenvalue weighted by atomic mass is 9.89. The first-order valence-electron chi connectivity index (χ1n) is 10.4. The number of piperidine rings is 1. The lowest BCUT2D eigenvalue weighted by Gasteiger charge is -2.40. The summed E-state index contributed by atoms with van der Waals surface area (Å²) in [7, 11) is 0. The zero-order chi connectivity index (χ0) is 19.1. The molecule has 2 aromatic rings. The predicted octanol–water partition coefficient (Wildman–Crippen LogP) is 3.87. The second-order valence-corrected chi connectivity index (χ2v) is 9.27. The maximum atomic E-state index is 13.5. The van der Waals surface area contributed by atoms with E-state index >= 15 is 0 Å². The van der Waals surface area contributed by atoms with Gasteiger partial charge in [-0.2, -0.15) is 0 Å². The summed E-state index contributed by atoms with van der Waals surface area (Å²) < 4.78 is 0. The van der Waals surface area contributed by atoms with Crippen LogP contribution in [-0.4, -0.2) is 41.2 Å². The fraction of sp³-hybridized carbons (Fsp3) is 0.478. The summed E-state index contributed by atoms with van der Waals surface area (Å²) in [5.74, 6) is 0.890. The van der Waals surface area contributed by atoms with E-state index in [2.05, 4.69) is 40.6 Å². The highest BCUT2D eigenvalue weighted by molar-refractivity contribution is 7.10. The zero-order valence-corrected chi connectivity index (χ0v) is 16.9. The van der Waals surface area contributed by atoms with Gasteiger partial charge in [-0.3, -0.25) is 9.59 Å². The highest BCUT2D eigenvalue weighted by atomic mass is 32.1. The Balaban J connectivity index is 1.34. The number of carbonyl (C=O) groups is 2. The van der Waals surface area contributed by atoms with E-state index in [4.69, 9.17) is 0 Å². The molecule has 3 aliphatic rings. The Morgan fingerprint density at radius 2 is 1.57 bits per heavy atom. The van der Waals surface area contributed by atoms with Crippen LogP contribution in [0.2, 0.25) is 0 Å². The van der Waals surface area contributed by atoms with Crippen LogP contribution in [0.1, 0.15) is 47.7 Å². The van der Waals surface area contributed by atoms with Crippen LogP contribution in [0.5, 0.6) is 0 Å². The van der Waals surface area contributed by atoms with Crippen molar-refractivity contribution in [1.29, 1.82) is 0 Å². The minimum Gasteiger partial charge on any atom is -0.342 e. The van der Waals surface area contributed by atoms with Crippen molar-refractivity contribution in [3.05, 3.63) is 57.8 Å². The van der Waals surface area contributed by atoms with Gasteiger partial charge in [-0.1, -0.05) is 30.3 Å². The van der Waals surface area contributed by atoms with Crippen LogP contribution in [0, 0.1) is 11.8 Å². The topological polar surface area (TPSA) is 40.6 Å². The summed E-state index contributed by atoms with van der Waals surface area (Å²) in [6.45, 7) is 2.26. The summed E-state index contributed by atoms with van der Waals surface area (Å²) in [5.41, 5.74) is 2.48. The van der Waals surface area contributed by atoms with Gasteiger partial charge in [0, 0.05) is 36.3 Å². The number of thiophene rings is 1. The molecule has 2 amide bonds. The molecule has 1 aromatic carbocycles. The van der Waals surface area contributed by atoms with E-state index in [0.717, 1.165) is 51.7 Å². The third-order valence-corrected chi connectivity index (χ3v) is 7.44. The molecule has 2 aliphatic heterocycles. The first kappa shape index (κ1) is 17.9. The molecule has 2 fully saturated rings. The molecule has 4 nitrogen and oxygen atoms in total. The summed E-state index contributed by atoms with van der Waals surface area (Å²) in [6.07, 6.45) is 4.64. The average molecular weight is 395 g/mol. The van der Waals surface area contributed by atoms with Crippen LogP contribution < -0.4 is 0 Å². The smallest absolute Gasteiger partial charge is 0.226 e. The van der Waals surface area contributed by atoms with E-state index in [-0.39, 0.29) is 23.8 Å². The molecule has 1 aliphatic carbocycles. The number of amides is 2. The number of hydrogen-bond acceptors (Lipinski definition) is 3. The maximum absolute atomic E-state index is 13.5. The Kier molecular flexibility index (Phi) is 4.71. The lowest BCUT2D eigenvalue weighted by molar-refractivity contribution is -0.142. The van der Waals surface area contributed by atoms with Gasteiger partial charge < -0.3 is 9.80 Å². The number of benzene rings is 1. The first-order chi connectivity index (χ1) is 13.7. The monoisotopic (exact) mass is 394 g/mol. The molecule has 1 unspecified atom stereocenters. The molecule has 0 spiro atoms.